The van der Waals surface area contributed by atoms with E-state index in [1.807, 2.05) is 6.07 Å². The number of nitrogens with zero attached hydrogens (tertiary/aromatic N) is 2. The molecule has 3 rings (SSSR count). The van der Waals surface area contributed by atoms with Crippen LogP contribution in [0, 0.1) is 0 Å². The third kappa shape index (κ3) is 4.01. The van der Waals surface area contributed by atoms with Gasteiger partial charge in [0.15, 0.2) is 9.84 Å². The summed E-state index contributed by atoms with van der Waals surface area (Å²) in [6, 6.07) is 8.19. The molecular formula is C15H15ClN4O3S. The standard InChI is InChI=1S/C15H15ClN4O3S/c16-11-3-1-2-4-12(11)19-15-17-7-5-13(20-15)14(21)18-10-6-8-24(22,23)9-10/h1-5,7,10H,6,8-9H2,(H,18,21)(H,17,19,20). The molecule has 1 fully saturated rings. The van der Waals surface area contributed by atoms with Gasteiger partial charge in [-0.1, -0.05) is 23.7 Å². The van der Waals surface area contributed by atoms with Crippen LogP contribution in [0.5, 0.6) is 0 Å². The zero-order valence-corrected chi connectivity index (χ0v) is 14.1. The number of amides is 1. The number of aromatic nitrogens is 2. The van der Waals surface area contributed by atoms with Crippen molar-refractivity contribution in [1.82, 2.24) is 15.3 Å². The lowest BCUT2D eigenvalue weighted by atomic mass is 10.2. The van der Waals surface area contributed by atoms with Gasteiger partial charge in [0.1, 0.15) is 5.69 Å². The van der Waals surface area contributed by atoms with Gasteiger partial charge in [0.25, 0.3) is 5.91 Å². The predicted molar refractivity (Wildman–Crippen MR) is 91.3 cm³/mol. The van der Waals surface area contributed by atoms with E-state index in [0.29, 0.717) is 17.1 Å². The molecule has 7 nitrogen and oxygen atoms in total. The molecule has 126 valence electrons. The molecule has 1 unspecified atom stereocenters. The number of nitrogens with one attached hydrogen (secondary N) is 2. The lowest BCUT2D eigenvalue weighted by Crippen LogP contribution is -2.36. The van der Waals surface area contributed by atoms with Crippen molar-refractivity contribution in [2.24, 2.45) is 0 Å². The molecule has 1 amide bonds. The number of carbonyl (C=O) groups excluding carboxylic acids is 1. The van der Waals surface area contributed by atoms with Crippen LogP contribution in [0.15, 0.2) is 36.5 Å². The summed E-state index contributed by atoms with van der Waals surface area (Å²) in [5, 5.41) is 6.14. The summed E-state index contributed by atoms with van der Waals surface area (Å²) in [4.78, 5) is 20.4. The quantitative estimate of drug-likeness (QED) is 0.855. The topological polar surface area (TPSA) is 101 Å². The van der Waals surface area contributed by atoms with Crippen LogP contribution in [-0.4, -0.2) is 41.8 Å². The van der Waals surface area contributed by atoms with E-state index in [9.17, 15) is 13.2 Å². The Hall–Kier alpha value is -2.19. The summed E-state index contributed by atoms with van der Waals surface area (Å²) in [6.45, 7) is 0. The van der Waals surface area contributed by atoms with Crippen LogP contribution < -0.4 is 10.6 Å². The number of hydrogen-bond acceptors (Lipinski definition) is 6. The van der Waals surface area contributed by atoms with Gasteiger partial charge < -0.3 is 10.6 Å². The number of rotatable bonds is 4. The summed E-state index contributed by atoms with van der Waals surface area (Å²) in [5.74, 6) is -0.133. The van der Waals surface area contributed by atoms with Crippen LogP contribution in [0.4, 0.5) is 11.6 Å². The minimum Gasteiger partial charge on any atom is -0.347 e. The fourth-order valence-electron chi connectivity index (χ4n) is 2.40. The first kappa shape index (κ1) is 16.7. The fraction of sp³-hybridized carbons (Fsp3) is 0.267. The predicted octanol–water partition coefficient (Wildman–Crippen LogP) is 1.79. The molecule has 1 saturated heterocycles. The first-order chi connectivity index (χ1) is 11.4. The average Bonchev–Trinajstić information content (AvgIpc) is 2.88. The first-order valence-corrected chi connectivity index (χ1v) is 9.49. The smallest absolute Gasteiger partial charge is 0.270 e. The minimum atomic E-state index is -3.05. The molecule has 0 radical (unpaired) electrons. The lowest BCUT2D eigenvalue weighted by Gasteiger charge is -2.11. The van der Waals surface area contributed by atoms with E-state index in [0.717, 1.165) is 0 Å². The van der Waals surface area contributed by atoms with Crippen molar-refractivity contribution in [3.8, 4) is 0 Å². The minimum absolute atomic E-state index is 0.0332. The largest absolute Gasteiger partial charge is 0.347 e. The lowest BCUT2D eigenvalue weighted by molar-refractivity contribution is 0.0936. The van der Waals surface area contributed by atoms with Crippen LogP contribution in [0.1, 0.15) is 16.9 Å². The Morgan fingerprint density at radius 2 is 2.04 bits per heavy atom. The van der Waals surface area contributed by atoms with Crippen molar-refractivity contribution < 1.29 is 13.2 Å². The van der Waals surface area contributed by atoms with E-state index >= 15 is 0 Å². The van der Waals surface area contributed by atoms with E-state index in [4.69, 9.17) is 11.6 Å². The molecular weight excluding hydrogens is 352 g/mol. The van der Waals surface area contributed by atoms with Gasteiger partial charge in [-0.2, -0.15) is 0 Å². The number of hydrogen-bond donors (Lipinski definition) is 2. The molecule has 2 heterocycles. The van der Waals surface area contributed by atoms with Crippen molar-refractivity contribution in [2.75, 3.05) is 16.8 Å². The Balaban J connectivity index is 1.71. The van der Waals surface area contributed by atoms with Gasteiger partial charge in [-0.05, 0) is 24.6 Å². The Kier molecular flexibility index (Phi) is 4.68. The first-order valence-electron chi connectivity index (χ1n) is 7.29. The monoisotopic (exact) mass is 366 g/mol. The molecule has 0 saturated carbocycles. The molecule has 0 spiro atoms. The SMILES string of the molecule is O=C(NC1CCS(=O)(=O)C1)c1ccnc(Nc2ccccc2Cl)n1. The Bertz CT molecular complexity index is 873. The molecule has 1 aromatic carbocycles. The van der Waals surface area contributed by atoms with E-state index in [1.54, 1.807) is 18.2 Å². The van der Waals surface area contributed by atoms with Crippen LogP contribution in [0.3, 0.4) is 0 Å². The van der Waals surface area contributed by atoms with Crippen molar-refractivity contribution in [3.63, 3.8) is 0 Å². The second-order valence-corrected chi connectivity index (χ2v) is 8.08. The molecule has 9 heteroatoms. The van der Waals surface area contributed by atoms with Crippen LogP contribution in [0.25, 0.3) is 0 Å². The third-order valence-corrected chi connectivity index (χ3v) is 5.67. The van der Waals surface area contributed by atoms with E-state index in [-0.39, 0.29) is 29.2 Å². The maximum absolute atomic E-state index is 12.2. The summed E-state index contributed by atoms with van der Waals surface area (Å²) in [7, 11) is -3.05. The molecule has 0 aliphatic carbocycles. The summed E-state index contributed by atoms with van der Waals surface area (Å²) in [6.07, 6.45) is 1.87. The maximum atomic E-state index is 12.2. The average molecular weight is 367 g/mol. The van der Waals surface area contributed by atoms with Crippen molar-refractivity contribution in [1.29, 1.82) is 0 Å². The zero-order chi connectivity index (χ0) is 17.2. The molecule has 1 atom stereocenters. The third-order valence-electron chi connectivity index (χ3n) is 3.58. The Labute approximate surface area is 144 Å². The van der Waals surface area contributed by atoms with Crippen molar-refractivity contribution >= 4 is 39.0 Å². The highest BCUT2D eigenvalue weighted by Gasteiger charge is 2.29. The molecule has 2 N–H and O–H groups in total. The highest BCUT2D eigenvalue weighted by Crippen LogP contribution is 2.23. The number of para-hydroxylation sites is 1. The van der Waals surface area contributed by atoms with Crippen molar-refractivity contribution in [3.05, 3.63) is 47.2 Å². The van der Waals surface area contributed by atoms with E-state index in [2.05, 4.69) is 20.6 Å². The number of anilines is 2. The molecule has 2 aromatic rings. The Morgan fingerprint density at radius 1 is 1.25 bits per heavy atom. The summed E-state index contributed by atoms with van der Waals surface area (Å²) < 4.78 is 22.9. The Morgan fingerprint density at radius 3 is 2.75 bits per heavy atom. The summed E-state index contributed by atoms with van der Waals surface area (Å²) >= 11 is 6.06. The number of carbonyl (C=O) groups is 1. The van der Waals surface area contributed by atoms with Crippen LogP contribution in [0.2, 0.25) is 5.02 Å². The van der Waals surface area contributed by atoms with Gasteiger partial charge in [0.2, 0.25) is 5.95 Å². The molecule has 1 aliphatic rings. The second-order valence-electron chi connectivity index (χ2n) is 5.44. The normalized spacial score (nSPS) is 19.0. The van der Waals surface area contributed by atoms with Crippen LogP contribution >= 0.6 is 11.6 Å². The van der Waals surface area contributed by atoms with Gasteiger partial charge in [0.05, 0.1) is 22.2 Å². The molecule has 0 bridgehead atoms. The second kappa shape index (κ2) is 6.74. The highest BCUT2D eigenvalue weighted by molar-refractivity contribution is 7.91. The molecule has 1 aromatic heterocycles. The van der Waals surface area contributed by atoms with Gasteiger partial charge in [-0.15, -0.1) is 0 Å². The van der Waals surface area contributed by atoms with Gasteiger partial charge in [-0.25, -0.2) is 18.4 Å². The van der Waals surface area contributed by atoms with E-state index < -0.39 is 15.7 Å². The number of sulfone groups is 1. The highest BCUT2D eigenvalue weighted by atomic mass is 35.5. The van der Waals surface area contributed by atoms with E-state index in [1.165, 1.54) is 12.3 Å². The summed E-state index contributed by atoms with van der Waals surface area (Å²) in [5.41, 5.74) is 0.780. The fourth-order valence-corrected chi connectivity index (χ4v) is 4.25. The molecule has 1 aliphatic heterocycles. The van der Waals surface area contributed by atoms with Crippen LogP contribution in [-0.2, 0) is 9.84 Å². The van der Waals surface area contributed by atoms with Gasteiger partial charge >= 0.3 is 0 Å². The number of benzene rings is 1. The molecule has 24 heavy (non-hydrogen) atoms. The maximum Gasteiger partial charge on any atom is 0.270 e. The van der Waals surface area contributed by atoms with Gasteiger partial charge in [0, 0.05) is 12.2 Å². The zero-order valence-electron chi connectivity index (χ0n) is 12.6. The number of halogens is 1. The van der Waals surface area contributed by atoms with Crippen molar-refractivity contribution in [2.45, 2.75) is 12.5 Å². The van der Waals surface area contributed by atoms with Gasteiger partial charge in [-0.3, -0.25) is 4.79 Å².